The highest BCUT2D eigenvalue weighted by Gasteiger charge is 2.51. The van der Waals surface area contributed by atoms with E-state index in [0.29, 0.717) is 32.0 Å². The van der Waals surface area contributed by atoms with Gasteiger partial charge in [0, 0.05) is 43.1 Å². The Labute approximate surface area is 169 Å². The number of benzene rings is 2. The maximum absolute atomic E-state index is 13.4. The van der Waals surface area contributed by atoms with E-state index in [2.05, 4.69) is 10.6 Å². The van der Waals surface area contributed by atoms with Crippen molar-refractivity contribution in [3.05, 3.63) is 60.4 Å². The van der Waals surface area contributed by atoms with Gasteiger partial charge in [-0.25, -0.2) is 9.18 Å². The van der Waals surface area contributed by atoms with Gasteiger partial charge in [-0.2, -0.15) is 0 Å². The van der Waals surface area contributed by atoms with Gasteiger partial charge >= 0.3 is 6.03 Å². The third kappa shape index (κ3) is 4.24. The fourth-order valence-electron chi connectivity index (χ4n) is 4.29. The van der Waals surface area contributed by atoms with E-state index in [1.54, 1.807) is 17.0 Å². The first-order valence-corrected chi connectivity index (χ1v) is 9.81. The van der Waals surface area contributed by atoms with Gasteiger partial charge in [0.25, 0.3) is 0 Å². The third-order valence-electron chi connectivity index (χ3n) is 5.86. The lowest BCUT2D eigenvalue weighted by Gasteiger charge is -2.37. The molecule has 152 valence electrons. The van der Waals surface area contributed by atoms with Gasteiger partial charge in [0.2, 0.25) is 5.91 Å². The number of carbonyl (C=O) groups excluding carboxylic acids is 2. The lowest BCUT2D eigenvalue weighted by atomic mass is 9.71. The number of ether oxygens (including phenoxy) is 1. The molecule has 2 fully saturated rings. The Bertz CT molecular complexity index is 884. The van der Waals surface area contributed by atoms with Gasteiger partial charge in [0.1, 0.15) is 5.82 Å². The maximum Gasteiger partial charge on any atom is 0.321 e. The fourth-order valence-corrected chi connectivity index (χ4v) is 4.29. The summed E-state index contributed by atoms with van der Waals surface area (Å²) >= 11 is 0. The Balaban J connectivity index is 1.51. The molecule has 2 saturated heterocycles. The lowest BCUT2D eigenvalue weighted by Crippen LogP contribution is -2.42. The molecule has 2 N–H and O–H groups in total. The summed E-state index contributed by atoms with van der Waals surface area (Å²) in [7, 11) is 0. The maximum atomic E-state index is 13.4. The van der Waals surface area contributed by atoms with Crippen molar-refractivity contribution in [1.82, 2.24) is 4.90 Å². The zero-order chi connectivity index (χ0) is 20.3. The largest absolute Gasteiger partial charge is 0.381 e. The van der Waals surface area contributed by atoms with E-state index >= 15 is 0 Å². The predicted octanol–water partition coefficient (Wildman–Crippen LogP) is 3.72. The molecule has 6 nitrogen and oxygen atoms in total. The first kappa shape index (κ1) is 19.4. The monoisotopic (exact) mass is 397 g/mol. The highest BCUT2D eigenvalue weighted by Crippen LogP contribution is 2.45. The zero-order valence-electron chi connectivity index (χ0n) is 16.1. The van der Waals surface area contributed by atoms with Crippen LogP contribution < -0.4 is 10.6 Å². The van der Waals surface area contributed by atoms with Gasteiger partial charge in [0.05, 0.1) is 5.92 Å². The summed E-state index contributed by atoms with van der Waals surface area (Å²) < 4.78 is 18.9. The molecule has 29 heavy (non-hydrogen) atoms. The molecule has 1 spiro atoms. The van der Waals surface area contributed by atoms with Gasteiger partial charge in [-0.3, -0.25) is 4.79 Å². The second-order valence-electron chi connectivity index (χ2n) is 7.70. The Kier molecular flexibility index (Phi) is 5.49. The van der Waals surface area contributed by atoms with Crippen LogP contribution in [0.1, 0.15) is 12.8 Å². The van der Waals surface area contributed by atoms with Crippen molar-refractivity contribution in [3.63, 3.8) is 0 Å². The number of hydrogen-bond donors (Lipinski definition) is 2. The number of hydrogen-bond acceptors (Lipinski definition) is 3. The summed E-state index contributed by atoms with van der Waals surface area (Å²) in [6.45, 7) is 1.95. The van der Waals surface area contributed by atoms with Crippen molar-refractivity contribution in [2.75, 3.05) is 36.9 Å². The first-order valence-electron chi connectivity index (χ1n) is 9.81. The van der Waals surface area contributed by atoms with Crippen LogP contribution in [0.25, 0.3) is 0 Å². The molecule has 0 radical (unpaired) electrons. The predicted molar refractivity (Wildman–Crippen MR) is 108 cm³/mol. The number of rotatable bonds is 3. The minimum atomic E-state index is -0.412. The summed E-state index contributed by atoms with van der Waals surface area (Å²) in [6, 6.07) is 14.8. The number of halogens is 1. The minimum Gasteiger partial charge on any atom is -0.381 e. The Morgan fingerprint density at radius 3 is 2.45 bits per heavy atom. The van der Waals surface area contributed by atoms with Gasteiger partial charge in [-0.1, -0.05) is 24.3 Å². The first-order chi connectivity index (χ1) is 14.1. The van der Waals surface area contributed by atoms with Crippen LogP contribution >= 0.6 is 0 Å². The number of carbonyl (C=O) groups is 2. The molecule has 1 atom stereocenters. The molecule has 0 aliphatic carbocycles. The average Bonchev–Trinajstić information content (AvgIpc) is 3.08. The van der Waals surface area contributed by atoms with Gasteiger partial charge in [-0.05, 0) is 43.2 Å². The average molecular weight is 397 g/mol. The summed E-state index contributed by atoms with van der Waals surface area (Å²) in [5.41, 5.74) is 0.826. The Hall–Kier alpha value is -2.93. The number of nitrogens with zero attached hydrogens (tertiary/aromatic N) is 1. The Morgan fingerprint density at radius 2 is 1.72 bits per heavy atom. The van der Waals surface area contributed by atoms with E-state index in [-0.39, 0.29) is 23.3 Å². The molecule has 2 aromatic carbocycles. The number of amides is 3. The molecule has 0 unspecified atom stereocenters. The molecule has 0 aromatic heterocycles. The highest BCUT2D eigenvalue weighted by molar-refractivity contribution is 5.95. The summed E-state index contributed by atoms with van der Waals surface area (Å²) in [5, 5.41) is 5.72. The second kappa shape index (κ2) is 8.21. The van der Waals surface area contributed by atoms with Gasteiger partial charge in [-0.15, -0.1) is 0 Å². The van der Waals surface area contributed by atoms with Crippen molar-refractivity contribution < 1.29 is 18.7 Å². The van der Waals surface area contributed by atoms with E-state index in [0.717, 1.165) is 18.5 Å². The minimum absolute atomic E-state index is 0.0841. The summed E-state index contributed by atoms with van der Waals surface area (Å²) in [6.07, 6.45) is 1.45. The van der Waals surface area contributed by atoms with Crippen LogP contribution in [-0.2, 0) is 9.53 Å². The summed E-state index contributed by atoms with van der Waals surface area (Å²) in [5.74, 6) is -0.825. The third-order valence-corrected chi connectivity index (χ3v) is 5.86. The van der Waals surface area contributed by atoms with Gasteiger partial charge in [0.15, 0.2) is 0 Å². The molecular weight excluding hydrogens is 373 g/mol. The number of urea groups is 1. The van der Waals surface area contributed by atoms with E-state index < -0.39 is 5.82 Å². The quantitative estimate of drug-likeness (QED) is 0.829. The van der Waals surface area contributed by atoms with Gasteiger partial charge < -0.3 is 20.3 Å². The van der Waals surface area contributed by atoms with Crippen molar-refractivity contribution in [2.45, 2.75) is 12.8 Å². The van der Waals surface area contributed by atoms with Crippen LogP contribution in [0.3, 0.4) is 0 Å². The van der Waals surface area contributed by atoms with Crippen LogP contribution in [0.4, 0.5) is 20.6 Å². The van der Waals surface area contributed by atoms with Crippen molar-refractivity contribution in [3.8, 4) is 0 Å². The molecule has 3 amide bonds. The van der Waals surface area contributed by atoms with Crippen molar-refractivity contribution in [1.29, 1.82) is 0 Å². The molecule has 0 bridgehead atoms. The zero-order valence-corrected chi connectivity index (χ0v) is 16.1. The van der Waals surface area contributed by atoms with E-state index in [1.807, 2.05) is 30.3 Å². The van der Waals surface area contributed by atoms with E-state index in [1.165, 1.54) is 12.1 Å². The van der Waals surface area contributed by atoms with Crippen LogP contribution in [-0.4, -0.2) is 43.1 Å². The standard InChI is InChI=1S/C22H24FN3O3/c23-16-5-4-8-18(13-16)25-21(28)26-14-19(22(15-26)9-11-29-12-10-22)20(27)24-17-6-2-1-3-7-17/h1-8,13,19H,9-12,14-15H2,(H,24,27)(H,25,28)/t19-/m1/s1. The summed E-state index contributed by atoms with van der Waals surface area (Å²) in [4.78, 5) is 27.6. The van der Waals surface area contributed by atoms with Crippen LogP contribution in [0.5, 0.6) is 0 Å². The number of nitrogens with one attached hydrogen (secondary N) is 2. The number of anilines is 2. The van der Waals surface area contributed by atoms with Crippen LogP contribution in [0, 0.1) is 17.2 Å². The van der Waals surface area contributed by atoms with Crippen LogP contribution in [0.15, 0.2) is 54.6 Å². The molecule has 7 heteroatoms. The van der Waals surface area contributed by atoms with E-state index in [9.17, 15) is 14.0 Å². The fraction of sp³-hybridized carbons (Fsp3) is 0.364. The van der Waals surface area contributed by atoms with Crippen molar-refractivity contribution >= 4 is 23.3 Å². The Morgan fingerprint density at radius 1 is 1.00 bits per heavy atom. The molecule has 2 aromatic rings. The molecule has 2 heterocycles. The molecule has 2 aliphatic heterocycles. The highest BCUT2D eigenvalue weighted by atomic mass is 19.1. The molecule has 4 rings (SSSR count). The number of likely N-dealkylation sites (tertiary alicyclic amines) is 1. The molecule has 0 saturated carbocycles. The molecule has 2 aliphatic rings. The smallest absolute Gasteiger partial charge is 0.321 e. The number of para-hydroxylation sites is 1. The normalized spacial score (nSPS) is 20.4. The lowest BCUT2D eigenvalue weighted by molar-refractivity contribution is -0.124. The SMILES string of the molecule is O=C(Nc1ccccc1)[C@H]1CN(C(=O)Nc2cccc(F)c2)CC12CCOCC2. The topological polar surface area (TPSA) is 70.7 Å². The van der Waals surface area contributed by atoms with Crippen LogP contribution in [0.2, 0.25) is 0 Å². The van der Waals surface area contributed by atoms with Crippen molar-refractivity contribution in [2.24, 2.45) is 11.3 Å². The van der Waals surface area contributed by atoms with E-state index in [4.69, 9.17) is 4.74 Å². The molecular formula is C22H24FN3O3. The second-order valence-corrected chi connectivity index (χ2v) is 7.70.